The van der Waals surface area contributed by atoms with Gasteiger partial charge in [0.2, 0.25) is 0 Å². The average Bonchev–Trinajstić information content (AvgIpc) is 2.27. The van der Waals surface area contributed by atoms with Crippen molar-refractivity contribution in [3.05, 3.63) is 23.4 Å². The summed E-state index contributed by atoms with van der Waals surface area (Å²) in [6, 6.07) is 0. The normalized spacial score (nSPS) is 16.7. The fourth-order valence-electron chi connectivity index (χ4n) is 1.13. The van der Waals surface area contributed by atoms with Gasteiger partial charge in [0, 0.05) is 5.71 Å². The molecule has 1 heterocycles. The molecule has 0 aromatic carbocycles. The third-order valence-electron chi connectivity index (χ3n) is 1.85. The fraction of sp³-hybridized carbons (Fsp3) is 0.400. The van der Waals surface area contributed by atoms with Crippen LogP contribution < -0.4 is 0 Å². The minimum absolute atomic E-state index is 0.361. The van der Waals surface area contributed by atoms with Crippen molar-refractivity contribution in [3.63, 3.8) is 0 Å². The summed E-state index contributed by atoms with van der Waals surface area (Å²) in [6.45, 7) is 3.75. The van der Waals surface area contributed by atoms with Gasteiger partial charge in [-0.05, 0) is 31.9 Å². The molecule has 0 saturated heterocycles. The van der Waals surface area contributed by atoms with Gasteiger partial charge in [-0.25, -0.2) is 9.79 Å². The second kappa shape index (κ2) is 4.03. The number of ether oxygens (including phenoxy) is 1. The van der Waals surface area contributed by atoms with E-state index in [1.165, 1.54) is 7.11 Å². The van der Waals surface area contributed by atoms with Crippen molar-refractivity contribution in [2.75, 3.05) is 7.11 Å². The summed E-state index contributed by atoms with van der Waals surface area (Å²) in [4.78, 5) is 15.4. The second-order valence-electron chi connectivity index (χ2n) is 2.98. The van der Waals surface area contributed by atoms with Crippen LogP contribution in [0.15, 0.2) is 28.4 Å². The van der Waals surface area contributed by atoms with Crippen LogP contribution in [0.25, 0.3) is 0 Å². The zero-order valence-corrected chi connectivity index (χ0v) is 8.13. The predicted molar refractivity (Wildman–Crippen MR) is 51.6 cm³/mol. The van der Waals surface area contributed by atoms with Crippen molar-refractivity contribution in [3.8, 4) is 0 Å². The van der Waals surface area contributed by atoms with Gasteiger partial charge < -0.3 is 4.74 Å². The number of hydrogen-bond donors (Lipinski definition) is 0. The van der Waals surface area contributed by atoms with E-state index in [-0.39, 0.29) is 5.97 Å². The quantitative estimate of drug-likeness (QED) is 0.576. The molecule has 0 unspecified atom stereocenters. The number of hydrogen-bond acceptors (Lipinski definition) is 3. The maximum atomic E-state index is 11.3. The van der Waals surface area contributed by atoms with E-state index < -0.39 is 0 Å². The highest BCUT2D eigenvalue weighted by Gasteiger charge is 2.13. The van der Waals surface area contributed by atoms with Crippen LogP contribution in [0.5, 0.6) is 0 Å². The van der Waals surface area contributed by atoms with E-state index in [1.54, 1.807) is 0 Å². The Morgan fingerprint density at radius 1 is 1.54 bits per heavy atom. The van der Waals surface area contributed by atoms with Crippen LogP contribution in [-0.4, -0.2) is 18.8 Å². The first-order valence-electron chi connectivity index (χ1n) is 4.15. The molecule has 1 aliphatic rings. The first kappa shape index (κ1) is 9.71. The van der Waals surface area contributed by atoms with Crippen molar-refractivity contribution < 1.29 is 9.53 Å². The zero-order valence-electron chi connectivity index (χ0n) is 8.13. The Kier molecular flexibility index (Phi) is 3.01. The number of carbonyl (C=O) groups is 1. The molecular formula is C10H13NO2. The summed E-state index contributed by atoms with van der Waals surface area (Å²) in [5.41, 5.74) is 2.21. The molecular weight excluding hydrogens is 166 g/mol. The summed E-state index contributed by atoms with van der Waals surface area (Å²) in [5, 5.41) is 0. The van der Waals surface area contributed by atoms with Gasteiger partial charge in [0.1, 0.15) is 5.70 Å². The van der Waals surface area contributed by atoms with Gasteiger partial charge in [0.25, 0.3) is 0 Å². The molecule has 0 aromatic rings. The molecule has 3 heteroatoms. The monoisotopic (exact) mass is 179 g/mol. The van der Waals surface area contributed by atoms with Gasteiger partial charge in [-0.15, -0.1) is 0 Å². The maximum absolute atomic E-state index is 11.3. The molecule has 0 fully saturated rings. The van der Waals surface area contributed by atoms with Crippen molar-refractivity contribution in [1.82, 2.24) is 0 Å². The lowest BCUT2D eigenvalue weighted by molar-refractivity contribution is -0.136. The molecule has 0 aliphatic carbocycles. The van der Waals surface area contributed by atoms with Crippen LogP contribution in [0.1, 0.15) is 20.3 Å². The number of esters is 1. The molecule has 0 bridgehead atoms. The molecule has 1 rings (SSSR count). The number of aliphatic imine (C=N–C) groups is 1. The molecule has 3 nitrogen and oxygen atoms in total. The number of rotatable bonds is 1. The largest absolute Gasteiger partial charge is 0.464 e. The number of allylic oxidation sites excluding steroid dienone is 3. The third kappa shape index (κ3) is 2.28. The van der Waals surface area contributed by atoms with E-state index in [4.69, 9.17) is 0 Å². The van der Waals surface area contributed by atoms with Gasteiger partial charge in [-0.2, -0.15) is 0 Å². The van der Waals surface area contributed by atoms with Gasteiger partial charge >= 0.3 is 5.97 Å². The highest BCUT2D eigenvalue weighted by atomic mass is 16.5. The van der Waals surface area contributed by atoms with Gasteiger partial charge in [0.05, 0.1) is 7.11 Å². The van der Waals surface area contributed by atoms with Crippen molar-refractivity contribution in [2.45, 2.75) is 20.3 Å². The molecule has 0 amide bonds. The van der Waals surface area contributed by atoms with Crippen LogP contribution in [0.2, 0.25) is 0 Å². The number of nitrogens with zero attached hydrogens (tertiary/aromatic N) is 1. The molecule has 0 spiro atoms. The van der Waals surface area contributed by atoms with Gasteiger partial charge in [0.15, 0.2) is 0 Å². The first-order chi connectivity index (χ1) is 6.15. The molecule has 13 heavy (non-hydrogen) atoms. The lowest BCUT2D eigenvalue weighted by Gasteiger charge is -2.02. The molecule has 0 aromatic heterocycles. The Bertz CT molecular complexity index is 311. The maximum Gasteiger partial charge on any atom is 0.356 e. The molecule has 70 valence electrons. The summed E-state index contributed by atoms with van der Waals surface area (Å²) < 4.78 is 4.63. The van der Waals surface area contributed by atoms with Crippen molar-refractivity contribution in [2.24, 2.45) is 4.99 Å². The van der Waals surface area contributed by atoms with E-state index in [9.17, 15) is 4.79 Å². The Hall–Kier alpha value is -1.38. The van der Waals surface area contributed by atoms with Crippen LogP contribution in [0, 0.1) is 0 Å². The highest BCUT2D eigenvalue weighted by molar-refractivity contribution is 5.99. The van der Waals surface area contributed by atoms with Crippen LogP contribution in [0.4, 0.5) is 0 Å². The number of methoxy groups -OCH3 is 1. The van der Waals surface area contributed by atoms with Crippen LogP contribution in [-0.2, 0) is 9.53 Å². The summed E-state index contributed by atoms with van der Waals surface area (Å²) >= 11 is 0. The molecule has 0 N–H and O–H groups in total. The molecule has 0 radical (unpaired) electrons. The van der Waals surface area contributed by atoms with Crippen molar-refractivity contribution in [1.29, 1.82) is 0 Å². The summed E-state index contributed by atoms with van der Waals surface area (Å²) in [6.07, 6.45) is 4.65. The Labute approximate surface area is 77.8 Å². The first-order valence-corrected chi connectivity index (χ1v) is 4.15. The Morgan fingerprint density at radius 2 is 2.23 bits per heavy atom. The second-order valence-corrected chi connectivity index (χ2v) is 2.98. The van der Waals surface area contributed by atoms with E-state index >= 15 is 0 Å². The Morgan fingerprint density at radius 3 is 2.85 bits per heavy atom. The Balaban J connectivity index is 3.04. The van der Waals surface area contributed by atoms with E-state index in [0.29, 0.717) is 5.70 Å². The highest BCUT2D eigenvalue weighted by Crippen LogP contribution is 2.15. The molecule has 1 aliphatic heterocycles. The fourth-order valence-corrected chi connectivity index (χ4v) is 1.13. The summed E-state index contributed by atoms with van der Waals surface area (Å²) in [5.74, 6) is -0.361. The summed E-state index contributed by atoms with van der Waals surface area (Å²) in [7, 11) is 1.37. The predicted octanol–water partition coefficient (Wildman–Crippen LogP) is 1.85. The lowest BCUT2D eigenvalue weighted by atomic mass is 10.1. The van der Waals surface area contributed by atoms with Gasteiger partial charge in [-0.1, -0.05) is 6.08 Å². The van der Waals surface area contributed by atoms with E-state index in [2.05, 4.69) is 9.73 Å². The standard InChI is InChI=1S/C10H13NO2/c1-7-5-4-6-8(2)11-9(7)10(12)13-3/h4,6H,5H2,1-3H3. The zero-order chi connectivity index (χ0) is 9.84. The minimum atomic E-state index is -0.361. The third-order valence-corrected chi connectivity index (χ3v) is 1.85. The number of carbonyl (C=O) groups excluding carboxylic acids is 1. The van der Waals surface area contributed by atoms with E-state index in [0.717, 1.165) is 17.7 Å². The van der Waals surface area contributed by atoms with Crippen LogP contribution >= 0.6 is 0 Å². The van der Waals surface area contributed by atoms with Crippen molar-refractivity contribution >= 4 is 11.7 Å². The topological polar surface area (TPSA) is 38.7 Å². The molecule has 0 saturated carbocycles. The van der Waals surface area contributed by atoms with Gasteiger partial charge in [-0.3, -0.25) is 0 Å². The van der Waals surface area contributed by atoms with Crippen LogP contribution in [0.3, 0.4) is 0 Å². The molecule has 0 atom stereocenters. The SMILES string of the molecule is COC(=O)C1=C(C)CC=CC(C)=N1. The minimum Gasteiger partial charge on any atom is -0.464 e. The lowest BCUT2D eigenvalue weighted by Crippen LogP contribution is -2.05. The average molecular weight is 179 g/mol. The van der Waals surface area contributed by atoms with E-state index in [1.807, 2.05) is 26.0 Å². The smallest absolute Gasteiger partial charge is 0.356 e.